The Bertz CT molecular complexity index is 1390. The molecule has 7 heteroatoms. The molecule has 4 rings (SSSR count). The molecule has 1 aliphatic rings. The third-order valence-electron chi connectivity index (χ3n) is 9.27. The maximum atomic E-state index is 14.8. The van der Waals surface area contributed by atoms with Crippen LogP contribution in [0.15, 0.2) is 66.7 Å². The number of esters is 1. The van der Waals surface area contributed by atoms with Crippen molar-refractivity contribution in [2.45, 2.75) is 117 Å². The zero-order valence-electron chi connectivity index (χ0n) is 30.7. The summed E-state index contributed by atoms with van der Waals surface area (Å²) < 4.78 is 43.2. The van der Waals surface area contributed by atoms with E-state index in [1.54, 1.807) is 30.3 Å². The number of carbonyl (C=O) groups is 1. The highest BCUT2D eigenvalue weighted by Gasteiger charge is 2.33. The summed E-state index contributed by atoms with van der Waals surface area (Å²) in [6.45, 7) is 10.4. The first-order valence-electron chi connectivity index (χ1n) is 19.0. The molecule has 1 fully saturated rings. The molecule has 1 unspecified atom stereocenters. The minimum Gasteiger partial charge on any atom is -0.494 e. The second-order valence-corrected chi connectivity index (χ2v) is 14.2. The fraction of sp³-hybridized carbons (Fsp3) is 0.558. The summed E-state index contributed by atoms with van der Waals surface area (Å²) in [5.74, 6) is 0.615. The molecule has 0 aliphatic carbocycles. The summed E-state index contributed by atoms with van der Waals surface area (Å²) in [6.07, 6.45) is 16.5. The summed E-state index contributed by atoms with van der Waals surface area (Å²) in [5, 5.41) is 0. The third kappa shape index (κ3) is 14.1. The van der Waals surface area contributed by atoms with Crippen LogP contribution in [0.1, 0.15) is 121 Å². The Balaban J connectivity index is 1.05. The van der Waals surface area contributed by atoms with E-state index in [9.17, 15) is 9.18 Å². The number of halogens is 1. The average Bonchev–Trinajstić information content (AvgIpc) is 3.11. The molecule has 0 amide bonds. The van der Waals surface area contributed by atoms with Crippen LogP contribution in [0.4, 0.5) is 4.39 Å². The van der Waals surface area contributed by atoms with Gasteiger partial charge >= 0.3 is 5.97 Å². The molecular weight excluding hydrogens is 631 g/mol. The number of unbranched alkanes of at least 4 members (excludes halogenated alkanes) is 11. The van der Waals surface area contributed by atoms with Crippen molar-refractivity contribution in [1.82, 2.24) is 0 Å². The molecule has 1 atom stereocenters. The maximum absolute atomic E-state index is 14.8. The van der Waals surface area contributed by atoms with Gasteiger partial charge in [0.1, 0.15) is 11.5 Å². The van der Waals surface area contributed by atoms with Gasteiger partial charge in [0.05, 0.1) is 38.1 Å². The van der Waals surface area contributed by atoms with Gasteiger partial charge < -0.3 is 23.7 Å². The first-order valence-corrected chi connectivity index (χ1v) is 19.0. The Labute approximate surface area is 300 Å². The largest absolute Gasteiger partial charge is 0.494 e. The van der Waals surface area contributed by atoms with Crippen molar-refractivity contribution >= 4 is 5.97 Å². The van der Waals surface area contributed by atoms with E-state index in [1.807, 2.05) is 37.3 Å². The van der Waals surface area contributed by atoms with Gasteiger partial charge in [0.25, 0.3) is 0 Å². The lowest BCUT2D eigenvalue weighted by atomic mass is 9.90. The summed E-state index contributed by atoms with van der Waals surface area (Å²) in [7, 11) is 0. The van der Waals surface area contributed by atoms with Crippen LogP contribution in [0.5, 0.6) is 17.2 Å². The molecule has 6 nitrogen and oxygen atoms in total. The van der Waals surface area contributed by atoms with Gasteiger partial charge in [0, 0.05) is 12.0 Å². The standard InChI is InChI=1S/C43H59FO6/c1-4-5-6-14-17-34(2)49-41-27-22-37(30-40(41)44)35-18-25-39(26-19-35)50-42(45)36-20-23-38(24-21-36)48-29-16-13-11-9-7-8-10-12-15-28-46-31-43(3)32-47-33-43/h18-27,30,34H,4-17,28-29,31-33H2,1-3H3. The fourth-order valence-electron chi connectivity index (χ4n) is 6.06. The van der Waals surface area contributed by atoms with E-state index in [4.69, 9.17) is 23.7 Å². The SMILES string of the molecule is CCCCCCC(C)Oc1ccc(-c2ccc(OC(=O)c3ccc(OCCCCCCCCCCCOCC4(C)COC4)cc3)cc2)cc1F. The van der Waals surface area contributed by atoms with Crippen LogP contribution in [-0.4, -0.2) is 45.1 Å². The second-order valence-electron chi connectivity index (χ2n) is 14.2. The van der Waals surface area contributed by atoms with E-state index in [1.165, 1.54) is 63.9 Å². The van der Waals surface area contributed by atoms with Crippen LogP contribution in [-0.2, 0) is 9.47 Å². The van der Waals surface area contributed by atoms with Gasteiger partial charge in [-0.1, -0.05) is 96.3 Å². The molecule has 1 saturated heterocycles. The van der Waals surface area contributed by atoms with Crippen molar-refractivity contribution in [3.05, 3.63) is 78.1 Å². The minimum absolute atomic E-state index is 0.0333. The second kappa shape index (κ2) is 21.7. The maximum Gasteiger partial charge on any atom is 0.343 e. The molecule has 50 heavy (non-hydrogen) atoms. The Morgan fingerprint density at radius 1 is 0.760 bits per heavy atom. The normalized spacial score (nSPS) is 14.2. The van der Waals surface area contributed by atoms with Crippen LogP contribution in [0.25, 0.3) is 11.1 Å². The van der Waals surface area contributed by atoms with Gasteiger partial charge in [-0.2, -0.15) is 0 Å². The third-order valence-corrected chi connectivity index (χ3v) is 9.27. The van der Waals surface area contributed by atoms with E-state index in [2.05, 4.69) is 13.8 Å². The molecule has 0 saturated carbocycles. The molecule has 0 spiro atoms. The van der Waals surface area contributed by atoms with E-state index in [-0.39, 0.29) is 23.1 Å². The van der Waals surface area contributed by atoms with Gasteiger partial charge in [0.15, 0.2) is 11.6 Å². The van der Waals surface area contributed by atoms with E-state index >= 15 is 0 Å². The molecule has 0 bridgehead atoms. The van der Waals surface area contributed by atoms with E-state index in [0.717, 1.165) is 75.4 Å². The highest BCUT2D eigenvalue weighted by atomic mass is 19.1. The predicted molar refractivity (Wildman–Crippen MR) is 199 cm³/mol. The van der Waals surface area contributed by atoms with Crippen molar-refractivity contribution in [3.8, 4) is 28.4 Å². The van der Waals surface area contributed by atoms with Crippen LogP contribution >= 0.6 is 0 Å². The van der Waals surface area contributed by atoms with Crippen molar-refractivity contribution in [2.24, 2.45) is 5.41 Å². The number of rotatable bonds is 25. The molecule has 0 N–H and O–H groups in total. The van der Waals surface area contributed by atoms with Crippen LogP contribution in [0, 0.1) is 11.2 Å². The van der Waals surface area contributed by atoms with Crippen LogP contribution in [0.3, 0.4) is 0 Å². The minimum atomic E-state index is -0.442. The monoisotopic (exact) mass is 690 g/mol. The molecule has 3 aromatic carbocycles. The number of ether oxygens (including phenoxy) is 5. The Kier molecular flexibility index (Phi) is 17.1. The van der Waals surface area contributed by atoms with Gasteiger partial charge in [-0.25, -0.2) is 9.18 Å². The average molecular weight is 691 g/mol. The van der Waals surface area contributed by atoms with Crippen molar-refractivity contribution in [2.75, 3.05) is 33.0 Å². The highest BCUT2D eigenvalue weighted by Crippen LogP contribution is 2.29. The van der Waals surface area contributed by atoms with Gasteiger partial charge in [-0.3, -0.25) is 0 Å². The van der Waals surface area contributed by atoms with E-state index in [0.29, 0.717) is 17.9 Å². The van der Waals surface area contributed by atoms with Crippen LogP contribution < -0.4 is 14.2 Å². The summed E-state index contributed by atoms with van der Waals surface area (Å²) in [4.78, 5) is 12.7. The first kappa shape index (κ1) is 39.4. The molecule has 3 aromatic rings. The predicted octanol–water partition coefficient (Wildman–Crippen LogP) is 11.4. The number of carbonyl (C=O) groups excluding carboxylic acids is 1. The molecule has 1 aliphatic heterocycles. The molecule has 1 heterocycles. The van der Waals surface area contributed by atoms with Crippen LogP contribution in [0.2, 0.25) is 0 Å². The number of hydrogen-bond donors (Lipinski definition) is 0. The van der Waals surface area contributed by atoms with Gasteiger partial charge in [0.2, 0.25) is 0 Å². The smallest absolute Gasteiger partial charge is 0.343 e. The molecular formula is C43H59FO6. The number of benzene rings is 3. The fourth-order valence-corrected chi connectivity index (χ4v) is 6.06. The summed E-state index contributed by atoms with van der Waals surface area (Å²) in [6, 6.07) is 19.2. The van der Waals surface area contributed by atoms with Gasteiger partial charge in [-0.05, 0) is 92.3 Å². The van der Waals surface area contributed by atoms with E-state index < -0.39 is 5.97 Å². The zero-order valence-corrected chi connectivity index (χ0v) is 30.7. The lowest BCUT2D eigenvalue weighted by molar-refractivity contribution is -0.137. The summed E-state index contributed by atoms with van der Waals surface area (Å²) >= 11 is 0. The lowest BCUT2D eigenvalue weighted by Crippen LogP contribution is -2.43. The zero-order chi connectivity index (χ0) is 35.4. The van der Waals surface area contributed by atoms with Crippen molar-refractivity contribution in [1.29, 1.82) is 0 Å². The Hall–Kier alpha value is -3.42. The number of hydrogen-bond acceptors (Lipinski definition) is 6. The van der Waals surface area contributed by atoms with Gasteiger partial charge in [-0.15, -0.1) is 0 Å². The highest BCUT2D eigenvalue weighted by molar-refractivity contribution is 5.91. The van der Waals surface area contributed by atoms with Crippen molar-refractivity contribution in [3.63, 3.8) is 0 Å². The lowest BCUT2D eigenvalue weighted by Gasteiger charge is -2.37. The van der Waals surface area contributed by atoms with Crippen molar-refractivity contribution < 1.29 is 32.9 Å². The quantitative estimate of drug-likeness (QED) is 0.0501. The summed E-state index contributed by atoms with van der Waals surface area (Å²) in [5.41, 5.74) is 2.25. The molecule has 0 radical (unpaired) electrons. The Morgan fingerprint density at radius 3 is 1.98 bits per heavy atom. The molecule has 274 valence electrons. The molecule has 0 aromatic heterocycles. The first-order chi connectivity index (χ1) is 24.3. The Morgan fingerprint density at radius 2 is 1.36 bits per heavy atom. The topological polar surface area (TPSA) is 63.2 Å².